The largest absolute Gasteiger partial charge is 0.392 e. The zero-order valence-electron chi connectivity index (χ0n) is 18.5. The lowest BCUT2D eigenvalue weighted by molar-refractivity contribution is -0.128. The molecule has 0 spiro atoms. The number of unbranched alkanes of at least 4 members (excludes halogenated alkanes) is 1. The molecule has 1 amide bonds. The number of amides is 1. The Balaban J connectivity index is 1.47. The van der Waals surface area contributed by atoms with E-state index < -0.39 is 0 Å². The normalized spacial score (nSPS) is 25.4. The minimum absolute atomic E-state index is 0.0565. The van der Waals surface area contributed by atoms with Gasteiger partial charge in [-0.25, -0.2) is 0 Å². The molecular formula is C26H35NO3. The van der Waals surface area contributed by atoms with Crippen LogP contribution in [0.4, 0.5) is 0 Å². The molecule has 1 fully saturated rings. The Kier molecular flexibility index (Phi) is 7.65. The van der Waals surface area contributed by atoms with Crippen molar-refractivity contribution in [3.05, 3.63) is 59.2 Å². The van der Waals surface area contributed by atoms with E-state index in [1.165, 1.54) is 11.1 Å². The monoisotopic (exact) mass is 409 g/mol. The van der Waals surface area contributed by atoms with Gasteiger partial charge in [-0.1, -0.05) is 47.6 Å². The van der Waals surface area contributed by atoms with Gasteiger partial charge in [0, 0.05) is 32.9 Å². The predicted molar refractivity (Wildman–Crippen MR) is 120 cm³/mol. The number of aryl methyl sites for hydroxylation is 1. The number of hydrogen-bond donors (Lipinski definition) is 1. The first-order valence-electron chi connectivity index (χ1n) is 11.2. The van der Waals surface area contributed by atoms with Gasteiger partial charge in [-0.05, 0) is 62.5 Å². The van der Waals surface area contributed by atoms with E-state index >= 15 is 0 Å². The Morgan fingerprint density at radius 1 is 1.17 bits per heavy atom. The standard InChI is InChI=1S/C26H35NO3/c1-18-8-10-19(11-9-18)15-22(28)12-13-23-24-16-20(14-21(24)17-25(23)29)6-4-5-7-26(30)27(2)3/h8-14,21,23-25,29H,4-7,15-17H2,1-3H3/b13-12+/t21-,23+,24-,25+/m0/s1. The van der Waals surface area contributed by atoms with Gasteiger partial charge in [0.25, 0.3) is 0 Å². The average molecular weight is 410 g/mol. The van der Waals surface area contributed by atoms with E-state index in [9.17, 15) is 14.7 Å². The van der Waals surface area contributed by atoms with Gasteiger partial charge in [0.15, 0.2) is 5.78 Å². The van der Waals surface area contributed by atoms with Gasteiger partial charge >= 0.3 is 0 Å². The molecule has 0 aromatic heterocycles. The molecule has 1 aromatic rings. The minimum Gasteiger partial charge on any atom is -0.392 e. The minimum atomic E-state index is -0.362. The molecule has 0 saturated heterocycles. The third-order valence-electron chi connectivity index (χ3n) is 6.59. The summed E-state index contributed by atoms with van der Waals surface area (Å²) in [6.07, 6.45) is 11.4. The number of nitrogens with zero attached hydrogens (tertiary/aromatic N) is 1. The Morgan fingerprint density at radius 2 is 1.90 bits per heavy atom. The summed E-state index contributed by atoms with van der Waals surface area (Å²) in [5.74, 6) is 1.16. The molecule has 1 N–H and O–H groups in total. The van der Waals surface area contributed by atoms with E-state index in [1.807, 2.05) is 37.3 Å². The van der Waals surface area contributed by atoms with E-state index in [4.69, 9.17) is 0 Å². The van der Waals surface area contributed by atoms with E-state index in [0.29, 0.717) is 24.7 Å². The van der Waals surface area contributed by atoms with Crippen LogP contribution in [0.2, 0.25) is 0 Å². The predicted octanol–water partition coefficient (Wildman–Crippen LogP) is 4.25. The first-order valence-corrected chi connectivity index (χ1v) is 11.2. The molecule has 3 rings (SSSR count). The van der Waals surface area contributed by atoms with Crippen molar-refractivity contribution in [2.45, 2.75) is 58.0 Å². The van der Waals surface area contributed by atoms with Gasteiger partial charge in [-0.2, -0.15) is 0 Å². The summed E-state index contributed by atoms with van der Waals surface area (Å²) < 4.78 is 0. The SMILES string of the molecule is Cc1ccc(CC(=O)/C=C/[C@@H]2[C@H]3CC(CCCCC(=O)N(C)C)=C[C@H]3C[C@H]2O)cc1. The van der Waals surface area contributed by atoms with Crippen molar-refractivity contribution in [3.63, 3.8) is 0 Å². The summed E-state index contributed by atoms with van der Waals surface area (Å²) in [4.78, 5) is 25.7. The van der Waals surface area contributed by atoms with Crippen molar-refractivity contribution in [1.29, 1.82) is 0 Å². The van der Waals surface area contributed by atoms with Crippen LogP contribution in [-0.2, 0) is 16.0 Å². The third-order valence-corrected chi connectivity index (χ3v) is 6.59. The summed E-state index contributed by atoms with van der Waals surface area (Å²) in [7, 11) is 3.60. The number of benzene rings is 1. The second kappa shape index (κ2) is 10.2. The Labute approximate surface area is 180 Å². The highest BCUT2D eigenvalue weighted by Gasteiger charge is 2.43. The number of hydrogen-bond acceptors (Lipinski definition) is 3. The molecule has 1 saturated carbocycles. The van der Waals surface area contributed by atoms with Crippen molar-refractivity contribution in [1.82, 2.24) is 4.90 Å². The highest BCUT2D eigenvalue weighted by molar-refractivity contribution is 5.91. The van der Waals surface area contributed by atoms with Crippen LogP contribution in [0.1, 0.15) is 49.7 Å². The molecule has 0 aliphatic heterocycles. The van der Waals surface area contributed by atoms with E-state index in [2.05, 4.69) is 6.08 Å². The molecule has 1 aromatic carbocycles. The van der Waals surface area contributed by atoms with E-state index in [-0.39, 0.29) is 23.7 Å². The number of rotatable bonds is 9. The molecule has 4 heteroatoms. The van der Waals surface area contributed by atoms with Crippen LogP contribution >= 0.6 is 0 Å². The highest BCUT2D eigenvalue weighted by Crippen LogP contribution is 2.48. The first kappa shape index (κ1) is 22.5. The van der Waals surface area contributed by atoms with Gasteiger partial charge in [-0.3, -0.25) is 9.59 Å². The highest BCUT2D eigenvalue weighted by atomic mass is 16.3. The van der Waals surface area contributed by atoms with Crippen LogP contribution < -0.4 is 0 Å². The second-order valence-corrected chi connectivity index (χ2v) is 9.22. The first-order chi connectivity index (χ1) is 14.3. The number of carbonyl (C=O) groups excluding carboxylic acids is 2. The van der Waals surface area contributed by atoms with Gasteiger partial charge in [0.1, 0.15) is 0 Å². The van der Waals surface area contributed by atoms with E-state index in [1.54, 1.807) is 25.1 Å². The zero-order valence-corrected chi connectivity index (χ0v) is 18.5. The maximum atomic E-state index is 12.4. The average Bonchev–Trinajstić information content (AvgIpc) is 3.21. The molecule has 0 unspecified atom stereocenters. The lowest BCUT2D eigenvalue weighted by atomic mass is 9.88. The van der Waals surface area contributed by atoms with Crippen LogP contribution in [-0.4, -0.2) is 41.9 Å². The molecule has 30 heavy (non-hydrogen) atoms. The molecule has 0 radical (unpaired) electrons. The van der Waals surface area contributed by atoms with Crippen LogP contribution in [0.15, 0.2) is 48.1 Å². The number of fused-ring (bicyclic) bond motifs is 1. The Hall–Kier alpha value is -2.20. The molecule has 4 nitrogen and oxygen atoms in total. The molecule has 2 aliphatic carbocycles. The van der Waals surface area contributed by atoms with E-state index in [0.717, 1.165) is 37.7 Å². The maximum Gasteiger partial charge on any atom is 0.222 e. The molecule has 0 heterocycles. The number of aliphatic hydroxyl groups is 1. The van der Waals surface area contributed by atoms with Gasteiger partial charge in [0.2, 0.25) is 5.91 Å². The fourth-order valence-corrected chi connectivity index (χ4v) is 4.83. The number of aliphatic hydroxyl groups excluding tert-OH is 1. The van der Waals surface area contributed by atoms with Crippen molar-refractivity contribution >= 4 is 11.7 Å². The fraction of sp³-hybridized carbons (Fsp3) is 0.538. The summed E-state index contributed by atoms with van der Waals surface area (Å²) in [5.41, 5.74) is 3.67. The van der Waals surface area contributed by atoms with Crippen LogP contribution in [0.3, 0.4) is 0 Å². The topological polar surface area (TPSA) is 57.6 Å². The van der Waals surface area contributed by atoms with Gasteiger partial charge in [-0.15, -0.1) is 0 Å². The lowest BCUT2D eigenvalue weighted by Gasteiger charge is -2.18. The van der Waals surface area contributed by atoms with Crippen LogP contribution in [0.5, 0.6) is 0 Å². The van der Waals surface area contributed by atoms with Crippen LogP contribution in [0, 0.1) is 24.7 Å². The Bertz CT molecular complexity index is 806. The maximum absolute atomic E-state index is 12.4. The number of carbonyl (C=O) groups is 2. The van der Waals surface area contributed by atoms with Crippen molar-refractivity contribution in [2.24, 2.45) is 17.8 Å². The summed E-state index contributed by atoms with van der Waals surface area (Å²) >= 11 is 0. The number of ketones is 1. The van der Waals surface area contributed by atoms with Crippen molar-refractivity contribution in [3.8, 4) is 0 Å². The summed E-state index contributed by atoms with van der Waals surface area (Å²) in [6.45, 7) is 2.04. The molecule has 162 valence electrons. The zero-order chi connectivity index (χ0) is 21.7. The second-order valence-electron chi connectivity index (χ2n) is 9.22. The fourth-order valence-electron chi connectivity index (χ4n) is 4.83. The van der Waals surface area contributed by atoms with Crippen molar-refractivity contribution in [2.75, 3.05) is 14.1 Å². The summed E-state index contributed by atoms with van der Waals surface area (Å²) in [5, 5.41) is 10.5. The molecule has 4 atom stereocenters. The molecule has 2 aliphatic rings. The lowest BCUT2D eigenvalue weighted by Crippen LogP contribution is -2.21. The summed E-state index contributed by atoms with van der Waals surface area (Å²) in [6, 6.07) is 8.06. The quantitative estimate of drug-likeness (QED) is 0.377. The smallest absolute Gasteiger partial charge is 0.222 e. The van der Waals surface area contributed by atoms with Gasteiger partial charge in [0.05, 0.1) is 6.10 Å². The van der Waals surface area contributed by atoms with Crippen molar-refractivity contribution < 1.29 is 14.7 Å². The Morgan fingerprint density at radius 3 is 2.60 bits per heavy atom. The molecule has 0 bridgehead atoms. The van der Waals surface area contributed by atoms with Crippen LogP contribution in [0.25, 0.3) is 0 Å². The number of allylic oxidation sites excluding steroid dienone is 3. The molecular weight excluding hydrogens is 374 g/mol. The third kappa shape index (κ3) is 5.91. The van der Waals surface area contributed by atoms with Gasteiger partial charge < -0.3 is 10.0 Å².